The van der Waals surface area contributed by atoms with E-state index in [2.05, 4.69) is 29.0 Å². The number of nitrogens with one attached hydrogen (secondary N) is 1. The third kappa shape index (κ3) is 4.42. The van der Waals surface area contributed by atoms with Gasteiger partial charge in [-0.1, -0.05) is 11.6 Å². The van der Waals surface area contributed by atoms with E-state index in [0.29, 0.717) is 17.6 Å². The van der Waals surface area contributed by atoms with Gasteiger partial charge in [0, 0.05) is 18.8 Å². The number of nitrogens with zero attached hydrogens (tertiary/aromatic N) is 2. The molecule has 1 amide bonds. The normalized spacial score (nSPS) is 18.7. The second kappa shape index (κ2) is 7.75. The van der Waals surface area contributed by atoms with Crippen LogP contribution in [0.25, 0.3) is 0 Å². The lowest BCUT2D eigenvalue weighted by Crippen LogP contribution is -2.44. The maximum absolute atomic E-state index is 12.5. The molecule has 0 spiro atoms. The second-order valence-electron chi connectivity index (χ2n) is 5.96. The van der Waals surface area contributed by atoms with E-state index in [1.54, 1.807) is 0 Å². The number of carbonyl (C=O) groups is 2. The molecule has 0 saturated carbocycles. The lowest BCUT2D eigenvalue weighted by atomic mass is 9.96. The van der Waals surface area contributed by atoms with Gasteiger partial charge in [0.1, 0.15) is 11.4 Å². The summed E-state index contributed by atoms with van der Waals surface area (Å²) in [6, 6.07) is 1.85. The third-order valence-corrected chi connectivity index (χ3v) is 4.26. The average Bonchev–Trinajstić information content (AvgIpc) is 2.55. The molecule has 0 aromatic carbocycles. The Morgan fingerprint density at radius 2 is 2.22 bits per heavy atom. The monoisotopic (exact) mass is 339 g/mol. The fraction of sp³-hybridized carbons (Fsp3) is 0.562. The van der Waals surface area contributed by atoms with Gasteiger partial charge in [0.2, 0.25) is 5.91 Å². The van der Waals surface area contributed by atoms with Gasteiger partial charge in [0.25, 0.3) is 0 Å². The molecule has 0 radical (unpaired) electrons. The van der Waals surface area contributed by atoms with E-state index >= 15 is 0 Å². The van der Waals surface area contributed by atoms with E-state index < -0.39 is 5.97 Å². The van der Waals surface area contributed by atoms with Crippen LogP contribution in [0.5, 0.6) is 0 Å². The lowest BCUT2D eigenvalue weighted by molar-refractivity contribution is -0.121. The molecule has 1 aromatic heterocycles. The first-order valence-corrected chi connectivity index (χ1v) is 8.09. The molecule has 1 fully saturated rings. The number of hydrogen-bond donors (Lipinski definition) is 1. The fourth-order valence-electron chi connectivity index (χ4n) is 2.71. The van der Waals surface area contributed by atoms with E-state index in [1.807, 2.05) is 0 Å². The highest BCUT2D eigenvalue weighted by molar-refractivity contribution is 6.31. The molecule has 23 heavy (non-hydrogen) atoms. The molecule has 1 aromatic rings. The minimum atomic E-state index is -0.581. The predicted molar refractivity (Wildman–Crippen MR) is 88.6 cm³/mol. The number of aromatic nitrogens is 1. The van der Waals surface area contributed by atoms with Crippen molar-refractivity contribution in [3.63, 3.8) is 0 Å². The molecule has 6 nitrogen and oxygen atoms in total. The Kier molecular flexibility index (Phi) is 5.96. The summed E-state index contributed by atoms with van der Waals surface area (Å²) in [6.45, 7) is 5.96. The van der Waals surface area contributed by atoms with Gasteiger partial charge < -0.3 is 15.0 Å². The number of likely N-dealkylation sites (tertiary alicyclic amines) is 1. The minimum absolute atomic E-state index is 0.117. The Morgan fingerprint density at radius 1 is 1.48 bits per heavy atom. The standard InChI is InChI=1S/C16H22ClN3O3/c1-10(2)20-6-4-5-11(9-20)15(21)19-14-13(16(22)23-3)7-12(17)8-18-14/h7-8,10-11H,4-6,9H2,1-3H3,(H,18,19,21). The van der Waals surface area contributed by atoms with Crippen LogP contribution in [-0.2, 0) is 9.53 Å². The second-order valence-corrected chi connectivity index (χ2v) is 6.39. The lowest BCUT2D eigenvalue weighted by Gasteiger charge is -2.34. The van der Waals surface area contributed by atoms with Crippen molar-refractivity contribution in [1.29, 1.82) is 0 Å². The highest BCUT2D eigenvalue weighted by Gasteiger charge is 2.28. The van der Waals surface area contributed by atoms with Gasteiger partial charge in [-0.05, 0) is 39.3 Å². The molecule has 0 bridgehead atoms. The number of esters is 1. The Morgan fingerprint density at radius 3 is 2.87 bits per heavy atom. The molecule has 1 aliphatic rings. The van der Waals surface area contributed by atoms with Crippen LogP contribution < -0.4 is 5.32 Å². The quantitative estimate of drug-likeness (QED) is 0.854. The van der Waals surface area contributed by atoms with Crippen LogP contribution in [-0.4, -0.2) is 48.0 Å². The summed E-state index contributed by atoms with van der Waals surface area (Å²) in [7, 11) is 1.27. The summed E-state index contributed by atoms with van der Waals surface area (Å²) in [4.78, 5) is 30.7. The van der Waals surface area contributed by atoms with Gasteiger partial charge in [-0.15, -0.1) is 0 Å². The van der Waals surface area contributed by atoms with Gasteiger partial charge in [-0.2, -0.15) is 0 Å². The summed E-state index contributed by atoms with van der Waals surface area (Å²) in [5, 5.41) is 3.06. The zero-order valence-electron chi connectivity index (χ0n) is 13.6. The number of rotatable bonds is 4. The van der Waals surface area contributed by atoms with Crippen LogP contribution in [0.3, 0.4) is 0 Å². The van der Waals surface area contributed by atoms with E-state index in [-0.39, 0.29) is 23.2 Å². The number of hydrogen-bond acceptors (Lipinski definition) is 5. The number of methoxy groups -OCH3 is 1. The molecule has 2 rings (SSSR count). The molecule has 2 heterocycles. The topological polar surface area (TPSA) is 71.5 Å². The maximum Gasteiger partial charge on any atom is 0.341 e. The zero-order valence-corrected chi connectivity index (χ0v) is 14.4. The van der Waals surface area contributed by atoms with Crippen LogP contribution >= 0.6 is 11.6 Å². The first kappa shape index (κ1) is 17.7. The first-order chi connectivity index (χ1) is 10.9. The zero-order chi connectivity index (χ0) is 17.0. The van der Waals surface area contributed by atoms with Crippen molar-refractivity contribution in [1.82, 2.24) is 9.88 Å². The van der Waals surface area contributed by atoms with Gasteiger partial charge in [0.05, 0.1) is 18.1 Å². The SMILES string of the molecule is COC(=O)c1cc(Cl)cnc1NC(=O)C1CCCN(C(C)C)C1. The summed E-state index contributed by atoms with van der Waals surface area (Å²) in [5.41, 5.74) is 0.157. The Balaban J connectivity index is 2.12. The van der Waals surface area contributed by atoms with Gasteiger partial charge in [-0.3, -0.25) is 4.79 Å². The molecule has 1 saturated heterocycles. The van der Waals surface area contributed by atoms with Crippen molar-refractivity contribution in [2.24, 2.45) is 5.92 Å². The predicted octanol–water partition coefficient (Wildman–Crippen LogP) is 2.58. The molecule has 1 unspecified atom stereocenters. The summed E-state index contributed by atoms with van der Waals surface area (Å²) in [5.74, 6) is -0.639. The highest BCUT2D eigenvalue weighted by Crippen LogP contribution is 2.22. The van der Waals surface area contributed by atoms with E-state index in [0.717, 1.165) is 19.4 Å². The van der Waals surface area contributed by atoms with E-state index in [9.17, 15) is 9.59 Å². The Labute approximate surface area is 141 Å². The number of ether oxygens (including phenoxy) is 1. The van der Waals surface area contributed by atoms with Crippen molar-refractivity contribution in [3.05, 3.63) is 22.8 Å². The number of carbonyl (C=O) groups excluding carboxylic acids is 2. The van der Waals surface area contributed by atoms with Crippen LogP contribution in [0.2, 0.25) is 5.02 Å². The molecular formula is C16H22ClN3O3. The third-order valence-electron chi connectivity index (χ3n) is 4.06. The van der Waals surface area contributed by atoms with Gasteiger partial charge in [-0.25, -0.2) is 9.78 Å². The highest BCUT2D eigenvalue weighted by atomic mass is 35.5. The van der Waals surface area contributed by atoms with Crippen LogP contribution in [0.15, 0.2) is 12.3 Å². The molecular weight excluding hydrogens is 318 g/mol. The molecule has 1 N–H and O–H groups in total. The molecule has 0 aliphatic carbocycles. The minimum Gasteiger partial charge on any atom is -0.465 e. The number of amides is 1. The molecule has 7 heteroatoms. The largest absolute Gasteiger partial charge is 0.465 e. The average molecular weight is 340 g/mol. The maximum atomic E-state index is 12.5. The van der Waals surface area contributed by atoms with Crippen LogP contribution in [0, 0.1) is 5.92 Å². The van der Waals surface area contributed by atoms with E-state index in [1.165, 1.54) is 19.4 Å². The molecule has 1 atom stereocenters. The fourth-order valence-corrected chi connectivity index (χ4v) is 2.87. The van der Waals surface area contributed by atoms with Crippen molar-refractivity contribution in [3.8, 4) is 0 Å². The van der Waals surface area contributed by atoms with Crippen molar-refractivity contribution < 1.29 is 14.3 Å². The smallest absolute Gasteiger partial charge is 0.341 e. The van der Waals surface area contributed by atoms with Crippen molar-refractivity contribution in [2.45, 2.75) is 32.7 Å². The number of pyridine rings is 1. The number of piperidine rings is 1. The van der Waals surface area contributed by atoms with Crippen LogP contribution in [0.4, 0.5) is 5.82 Å². The van der Waals surface area contributed by atoms with Gasteiger partial charge in [0.15, 0.2) is 0 Å². The number of anilines is 1. The van der Waals surface area contributed by atoms with Crippen molar-refractivity contribution >= 4 is 29.3 Å². The summed E-state index contributed by atoms with van der Waals surface area (Å²) >= 11 is 5.87. The Hall–Kier alpha value is -1.66. The molecule has 126 valence electrons. The summed E-state index contributed by atoms with van der Waals surface area (Å²) in [6.07, 6.45) is 3.20. The van der Waals surface area contributed by atoms with Gasteiger partial charge >= 0.3 is 5.97 Å². The van der Waals surface area contributed by atoms with Crippen molar-refractivity contribution in [2.75, 3.05) is 25.5 Å². The number of halogens is 1. The first-order valence-electron chi connectivity index (χ1n) is 7.71. The van der Waals surface area contributed by atoms with E-state index in [4.69, 9.17) is 16.3 Å². The Bertz CT molecular complexity index is 592. The molecule has 1 aliphatic heterocycles. The summed E-state index contributed by atoms with van der Waals surface area (Å²) < 4.78 is 4.71. The van der Waals surface area contributed by atoms with Crippen LogP contribution in [0.1, 0.15) is 37.0 Å².